The van der Waals surface area contributed by atoms with Crippen LogP contribution < -0.4 is 5.32 Å². The van der Waals surface area contributed by atoms with E-state index in [0.717, 1.165) is 27.4 Å². The number of benzene rings is 1. The highest BCUT2D eigenvalue weighted by Crippen LogP contribution is 2.27. The smallest absolute Gasteiger partial charge is 0.238 e. The Morgan fingerprint density at radius 1 is 1.47 bits per heavy atom. The highest BCUT2D eigenvalue weighted by Gasteiger charge is 2.22. The van der Waals surface area contributed by atoms with Crippen molar-refractivity contribution in [3.8, 4) is 0 Å². The summed E-state index contributed by atoms with van der Waals surface area (Å²) in [4.78, 5) is 12.0. The van der Waals surface area contributed by atoms with Crippen molar-refractivity contribution in [1.82, 2.24) is 0 Å². The van der Waals surface area contributed by atoms with Gasteiger partial charge in [0, 0.05) is 21.7 Å². The molecule has 0 bridgehead atoms. The fourth-order valence-corrected chi connectivity index (χ4v) is 4.72. The predicted octanol–water partition coefficient (Wildman–Crippen LogP) is 3.54. The Balaban J connectivity index is 2.02. The van der Waals surface area contributed by atoms with Crippen LogP contribution in [0.1, 0.15) is 5.56 Å². The monoisotopic (exact) mass is 331 g/mol. The molecule has 1 unspecified atom stereocenters. The van der Waals surface area contributed by atoms with Gasteiger partial charge in [0.15, 0.2) is 0 Å². The second kappa shape index (κ2) is 6.16. The molecule has 1 aliphatic heterocycles. The van der Waals surface area contributed by atoms with E-state index in [-0.39, 0.29) is 11.2 Å². The number of hydrogen-bond acceptors (Lipinski definition) is 3. The summed E-state index contributed by atoms with van der Waals surface area (Å²) in [7, 11) is 0. The summed E-state index contributed by atoms with van der Waals surface area (Å²) >= 11 is 7.08. The van der Waals surface area contributed by atoms with E-state index in [1.54, 1.807) is 11.8 Å². The Morgan fingerprint density at radius 2 is 2.29 bits per heavy atom. The minimum Gasteiger partial charge on any atom is -0.324 e. The van der Waals surface area contributed by atoms with Crippen LogP contribution in [0.3, 0.4) is 0 Å². The van der Waals surface area contributed by atoms with E-state index in [1.807, 2.05) is 36.9 Å². The van der Waals surface area contributed by atoms with E-state index < -0.39 is 0 Å². The average Bonchev–Trinajstić information content (AvgIpc) is 2.34. The van der Waals surface area contributed by atoms with Gasteiger partial charge in [-0.05, 0) is 40.5 Å². The molecule has 2 rings (SSSR count). The van der Waals surface area contributed by atoms with Crippen LogP contribution >= 0.6 is 39.5 Å². The van der Waals surface area contributed by atoms with Crippen LogP contribution in [0.5, 0.6) is 0 Å². The van der Waals surface area contributed by atoms with Gasteiger partial charge in [-0.25, -0.2) is 0 Å². The van der Waals surface area contributed by atoms with E-state index in [9.17, 15) is 4.79 Å². The van der Waals surface area contributed by atoms with Gasteiger partial charge in [0.1, 0.15) is 0 Å². The van der Waals surface area contributed by atoms with Crippen LogP contribution in [-0.4, -0.2) is 28.4 Å². The Kier molecular flexibility index (Phi) is 4.82. The highest BCUT2D eigenvalue weighted by molar-refractivity contribution is 9.10. The van der Waals surface area contributed by atoms with Crippen LogP contribution in [0, 0.1) is 6.92 Å². The Morgan fingerprint density at radius 3 is 2.94 bits per heavy atom. The van der Waals surface area contributed by atoms with Crippen LogP contribution in [0.25, 0.3) is 0 Å². The molecule has 1 atom stereocenters. The van der Waals surface area contributed by atoms with Gasteiger partial charge < -0.3 is 5.32 Å². The average molecular weight is 332 g/mol. The fourth-order valence-electron chi connectivity index (χ4n) is 1.57. The van der Waals surface area contributed by atoms with E-state index in [2.05, 4.69) is 21.2 Å². The number of rotatable bonds is 2. The van der Waals surface area contributed by atoms with Crippen molar-refractivity contribution in [1.29, 1.82) is 0 Å². The first kappa shape index (κ1) is 13.3. The van der Waals surface area contributed by atoms with Crippen molar-refractivity contribution in [3.05, 3.63) is 28.2 Å². The van der Waals surface area contributed by atoms with Crippen molar-refractivity contribution in [2.24, 2.45) is 0 Å². The standard InChI is InChI=1S/C12H14BrNOS2/c1-8-2-3-10(9(13)6-8)14-12(15)11-7-16-4-5-17-11/h2-3,6,11H,4-5,7H2,1H3,(H,14,15). The van der Waals surface area contributed by atoms with Crippen LogP contribution in [-0.2, 0) is 4.79 Å². The second-order valence-corrected chi connectivity index (χ2v) is 7.22. The molecule has 1 fully saturated rings. The van der Waals surface area contributed by atoms with Gasteiger partial charge in [0.2, 0.25) is 5.91 Å². The second-order valence-electron chi connectivity index (χ2n) is 3.91. The molecule has 1 saturated heterocycles. The lowest BCUT2D eigenvalue weighted by Gasteiger charge is -2.20. The zero-order valence-electron chi connectivity index (χ0n) is 9.53. The summed E-state index contributed by atoms with van der Waals surface area (Å²) in [6, 6.07) is 5.96. The minimum absolute atomic E-state index is 0.0851. The molecule has 1 aromatic rings. The van der Waals surface area contributed by atoms with Crippen molar-refractivity contribution >= 4 is 51.0 Å². The van der Waals surface area contributed by atoms with Gasteiger partial charge in [0.25, 0.3) is 0 Å². The van der Waals surface area contributed by atoms with Crippen molar-refractivity contribution in [2.45, 2.75) is 12.2 Å². The van der Waals surface area contributed by atoms with E-state index in [0.29, 0.717) is 0 Å². The molecule has 2 nitrogen and oxygen atoms in total. The summed E-state index contributed by atoms with van der Waals surface area (Å²) < 4.78 is 0.944. The Bertz CT molecular complexity index is 419. The number of aryl methyl sites for hydroxylation is 1. The first-order valence-electron chi connectivity index (χ1n) is 5.43. The third-order valence-electron chi connectivity index (χ3n) is 2.49. The van der Waals surface area contributed by atoms with Crippen LogP contribution in [0.4, 0.5) is 5.69 Å². The molecular weight excluding hydrogens is 318 g/mol. The third-order valence-corrected chi connectivity index (χ3v) is 5.90. The van der Waals surface area contributed by atoms with Crippen LogP contribution in [0.15, 0.2) is 22.7 Å². The molecule has 0 aromatic heterocycles. The number of carbonyl (C=O) groups is 1. The molecule has 92 valence electrons. The molecule has 0 spiro atoms. The van der Waals surface area contributed by atoms with Crippen molar-refractivity contribution in [2.75, 3.05) is 22.6 Å². The molecule has 0 aliphatic carbocycles. The largest absolute Gasteiger partial charge is 0.324 e. The van der Waals surface area contributed by atoms with Crippen molar-refractivity contribution in [3.63, 3.8) is 0 Å². The number of amides is 1. The molecule has 0 radical (unpaired) electrons. The highest BCUT2D eigenvalue weighted by atomic mass is 79.9. The predicted molar refractivity (Wildman–Crippen MR) is 81.1 cm³/mol. The molecule has 1 heterocycles. The number of halogens is 1. The Labute approximate surface area is 118 Å². The maximum atomic E-state index is 12.0. The maximum Gasteiger partial charge on any atom is 0.238 e. The van der Waals surface area contributed by atoms with Gasteiger partial charge >= 0.3 is 0 Å². The molecule has 0 saturated carbocycles. The Hall–Kier alpha value is -0.130. The first-order chi connectivity index (χ1) is 8.16. The SMILES string of the molecule is Cc1ccc(NC(=O)C2CSCCS2)c(Br)c1. The summed E-state index contributed by atoms with van der Waals surface area (Å²) in [6.07, 6.45) is 0. The number of nitrogens with one attached hydrogen (secondary N) is 1. The lowest BCUT2D eigenvalue weighted by molar-refractivity contribution is -0.115. The topological polar surface area (TPSA) is 29.1 Å². The lowest BCUT2D eigenvalue weighted by Crippen LogP contribution is -2.30. The van der Waals surface area contributed by atoms with E-state index in [4.69, 9.17) is 0 Å². The van der Waals surface area contributed by atoms with Gasteiger partial charge in [-0.15, -0.1) is 11.8 Å². The zero-order chi connectivity index (χ0) is 12.3. The number of thioether (sulfide) groups is 2. The van der Waals surface area contributed by atoms with Gasteiger partial charge in [0.05, 0.1) is 10.9 Å². The van der Waals surface area contributed by atoms with Gasteiger partial charge in [-0.2, -0.15) is 11.8 Å². The van der Waals surface area contributed by atoms with E-state index in [1.165, 1.54) is 5.56 Å². The molecule has 5 heteroatoms. The molecule has 1 aliphatic rings. The summed E-state index contributed by atoms with van der Waals surface area (Å²) in [5.41, 5.74) is 2.04. The number of anilines is 1. The van der Waals surface area contributed by atoms with Crippen molar-refractivity contribution < 1.29 is 4.79 Å². The molecular formula is C12H14BrNOS2. The maximum absolute atomic E-state index is 12.0. The van der Waals surface area contributed by atoms with E-state index >= 15 is 0 Å². The summed E-state index contributed by atoms with van der Waals surface area (Å²) in [5, 5.41) is 3.07. The summed E-state index contributed by atoms with van der Waals surface area (Å²) in [5.74, 6) is 3.26. The third kappa shape index (κ3) is 3.66. The van der Waals surface area contributed by atoms with Gasteiger partial charge in [-0.3, -0.25) is 4.79 Å². The van der Waals surface area contributed by atoms with Gasteiger partial charge in [-0.1, -0.05) is 6.07 Å². The normalized spacial score (nSPS) is 20.0. The number of carbonyl (C=O) groups excluding carboxylic acids is 1. The zero-order valence-corrected chi connectivity index (χ0v) is 12.8. The fraction of sp³-hybridized carbons (Fsp3) is 0.417. The minimum atomic E-state index is 0.0851. The lowest BCUT2D eigenvalue weighted by atomic mass is 10.2. The van der Waals surface area contributed by atoms with Crippen LogP contribution in [0.2, 0.25) is 0 Å². The summed E-state index contributed by atoms with van der Waals surface area (Å²) in [6.45, 7) is 2.03. The number of hydrogen-bond donors (Lipinski definition) is 1. The first-order valence-corrected chi connectivity index (χ1v) is 8.43. The quantitative estimate of drug-likeness (QED) is 0.898. The molecule has 1 amide bonds. The molecule has 1 N–H and O–H groups in total. The molecule has 1 aromatic carbocycles. The molecule has 17 heavy (non-hydrogen) atoms.